The maximum Gasteiger partial charge on any atom is 0.136 e. The van der Waals surface area contributed by atoms with Crippen molar-refractivity contribution in [2.24, 2.45) is 0 Å². The van der Waals surface area contributed by atoms with Gasteiger partial charge in [0, 0.05) is 44.5 Å². The number of hydrogen-bond acceptors (Lipinski definition) is 3. The molecule has 1 heterocycles. The van der Waals surface area contributed by atoms with Gasteiger partial charge >= 0.3 is 0 Å². The average Bonchev–Trinajstić information content (AvgIpc) is 3.83. The number of furan rings is 1. The highest BCUT2D eigenvalue weighted by molar-refractivity contribution is 6.14. The zero-order valence-corrected chi connectivity index (χ0v) is 44.8. The van der Waals surface area contributed by atoms with Crippen LogP contribution in [0.5, 0.6) is 0 Å². The third kappa shape index (κ3) is 9.07. The third-order valence-electron chi connectivity index (χ3n) is 15.6. The molecule has 13 rings (SSSR count). The van der Waals surface area contributed by atoms with Crippen molar-refractivity contribution in [1.29, 1.82) is 0 Å². The van der Waals surface area contributed by atoms with Gasteiger partial charge in [0.05, 0.1) is 17.1 Å². The lowest BCUT2D eigenvalue weighted by atomic mass is 9.86. The Kier molecular flexibility index (Phi) is 12.3. The van der Waals surface area contributed by atoms with Crippen LogP contribution in [0.15, 0.2) is 271 Å². The van der Waals surface area contributed by atoms with Crippen molar-refractivity contribution in [2.45, 2.75) is 46.0 Å². The van der Waals surface area contributed by atoms with E-state index in [2.05, 4.69) is 311 Å². The molecule has 3 heteroatoms. The molecule has 0 bridgehead atoms. The molecule has 3 nitrogen and oxygen atoms in total. The van der Waals surface area contributed by atoms with Gasteiger partial charge in [-0.3, -0.25) is 0 Å². The summed E-state index contributed by atoms with van der Waals surface area (Å²) >= 11 is 0. The molecule has 0 atom stereocenters. The quantitative estimate of drug-likeness (QED) is 0.129. The predicted octanol–water partition coefficient (Wildman–Crippen LogP) is 21.9. The highest BCUT2D eigenvalue weighted by Crippen LogP contribution is 2.47. The molecular weight excluding hydrogens is 945 g/mol. The van der Waals surface area contributed by atoms with Crippen LogP contribution in [0.3, 0.4) is 0 Å². The molecular formula is C75H60N2O. The highest BCUT2D eigenvalue weighted by Gasteiger charge is 2.23. The summed E-state index contributed by atoms with van der Waals surface area (Å²) in [5.41, 5.74) is 20.3. The van der Waals surface area contributed by atoms with Crippen molar-refractivity contribution in [1.82, 2.24) is 0 Å². The van der Waals surface area contributed by atoms with Crippen molar-refractivity contribution >= 4 is 77.6 Å². The Hall–Kier alpha value is -9.44. The second-order valence-corrected chi connectivity index (χ2v) is 22.0. The Labute approximate surface area is 457 Å². The Bertz CT molecular complexity index is 4300. The number of anilines is 6. The Morgan fingerprint density at radius 2 is 0.705 bits per heavy atom. The summed E-state index contributed by atoms with van der Waals surface area (Å²) in [5, 5.41) is 6.72. The summed E-state index contributed by atoms with van der Waals surface area (Å²) in [7, 11) is 0. The molecule has 0 aliphatic heterocycles. The van der Waals surface area contributed by atoms with E-state index in [9.17, 15) is 0 Å². The molecule has 0 unspecified atom stereocenters. The minimum Gasteiger partial charge on any atom is -0.456 e. The van der Waals surface area contributed by atoms with Crippen LogP contribution in [0.2, 0.25) is 0 Å². The van der Waals surface area contributed by atoms with E-state index in [4.69, 9.17) is 4.42 Å². The first-order chi connectivity index (χ1) is 38.1. The van der Waals surface area contributed by atoms with Gasteiger partial charge in [0.15, 0.2) is 0 Å². The van der Waals surface area contributed by atoms with Gasteiger partial charge in [-0.2, -0.15) is 0 Å². The van der Waals surface area contributed by atoms with Gasteiger partial charge in [0.1, 0.15) is 11.2 Å². The predicted molar refractivity (Wildman–Crippen MR) is 333 cm³/mol. The maximum absolute atomic E-state index is 6.93. The summed E-state index contributed by atoms with van der Waals surface area (Å²) in [4.78, 5) is 4.83. The molecule has 0 fully saturated rings. The summed E-state index contributed by atoms with van der Waals surface area (Å²) in [5.74, 6) is 0.457. The fourth-order valence-corrected chi connectivity index (χ4v) is 11.3. The highest BCUT2D eigenvalue weighted by atomic mass is 16.3. The molecule has 0 N–H and O–H groups in total. The second-order valence-electron chi connectivity index (χ2n) is 22.0. The van der Waals surface area contributed by atoms with Gasteiger partial charge in [-0.15, -0.1) is 0 Å². The van der Waals surface area contributed by atoms with Crippen LogP contribution in [-0.2, 0) is 5.41 Å². The molecule has 13 aromatic rings. The van der Waals surface area contributed by atoms with Crippen LogP contribution in [0, 0.1) is 0 Å². The monoisotopic (exact) mass is 1000 g/mol. The van der Waals surface area contributed by atoms with Crippen LogP contribution in [0.25, 0.3) is 88.0 Å². The Morgan fingerprint density at radius 1 is 0.321 bits per heavy atom. The minimum absolute atomic E-state index is 0.0555. The molecule has 0 saturated heterocycles. The van der Waals surface area contributed by atoms with Crippen molar-refractivity contribution in [3.8, 4) is 44.5 Å². The van der Waals surface area contributed by atoms with Crippen LogP contribution < -0.4 is 9.80 Å². The van der Waals surface area contributed by atoms with E-state index in [0.717, 1.165) is 94.3 Å². The summed E-state index contributed by atoms with van der Waals surface area (Å²) in [6.45, 7) is 11.3. The minimum atomic E-state index is 0.0555. The molecule has 12 aromatic carbocycles. The Balaban J connectivity index is 0.925. The lowest BCUT2D eigenvalue weighted by Crippen LogP contribution is -2.13. The molecule has 0 saturated carbocycles. The van der Waals surface area contributed by atoms with Gasteiger partial charge < -0.3 is 14.2 Å². The van der Waals surface area contributed by atoms with Gasteiger partial charge in [-0.25, -0.2) is 0 Å². The van der Waals surface area contributed by atoms with Crippen molar-refractivity contribution < 1.29 is 4.42 Å². The zero-order valence-electron chi connectivity index (χ0n) is 44.8. The van der Waals surface area contributed by atoms with Gasteiger partial charge in [0.25, 0.3) is 0 Å². The molecule has 0 spiro atoms. The van der Waals surface area contributed by atoms with Gasteiger partial charge in [0.2, 0.25) is 0 Å². The number of hydrogen-bond donors (Lipinski definition) is 0. The smallest absolute Gasteiger partial charge is 0.136 e. The average molecular weight is 1010 g/mol. The lowest BCUT2D eigenvalue weighted by molar-refractivity contribution is 0.590. The summed E-state index contributed by atoms with van der Waals surface area (Å²) < 4.78 is 6.93. The summed E-state index contributed by atoms with van der Waals surface area (Å²) in [6, 6.07) is 97.5. The number of benzene rings is 12. The maximum atomic E-state index is 6.93. The van der Waals surface area contributed by atoms with Crippen LogP contribution in [0.1, 0.15) is 51.7 Å². The SMILES string of the molecule is CC(C)c1ccc(-c2ccccc2N(c2ccc(-c3ccccc3)cc2)c2ccc3cc4c(cc3c2)oc2cc3cc(N(c5ccccc5-c5ccccc5)c5ccccc5-c5ccc(C(C)(C)C)cc5)ccc3cc24)cc1. The molecule has 0 radical (unpaired) electrons. The zero-order chi connectivity index (χ0) is 52.9. The number of para-hydroxylation sites is 3. The fraction of sp³-hybridized carbons (Fsp3) is 0.0933. The molecule has 0 aliphatic rings. The van der Waals surface area contributed by atoms with Gasteiger partial charge in [-0.1, -0.05) is 223 Å². The van der Waals surface area contributed by atoms with E-state index in [-0.39, 0.29) is 5.41 Å². The van der Waals surface area contributed by atoms with E-state index in [1.165, 1.54) is 38.9 Å². The first-order valence-corrected chi connectivity index (χ1v) is 27.2. The van der Waals surface area contributed by atoms with Crippen molar-refractivity contribution in [3.05, 3.63) is 278 Å². The van der Waals surface area contributed by atoms with Gasteiger partial charge in [-0.05, 0) is 151 Å². The van der Waals surface area contributed by atoms with Crippen molar-refractivity contribution in [3.63, 3.8) is 0 Å². The molecule has 0 amide bonds. The first-order valence-electron chi connectivity index (χ1n) is 27.2. The first kappa shape index (κ1) is 48.2. The topological polar surface area (TPSA) is 19.6 Å². The van der Waals surface area contributed by atoms with E-state index >= 15 is 0 Å². The molecule has 0 aliphatic carbocycles. The third-order valence-corrected chi connectivity index (χ3v) is 15.6. The lowest BCUT2D eigenvalue weighted by Gasteiger charge is -2.30. The number of nitrogens with zero attached hydrogens (tertiary/aromatic N) is 2. The second kappa shape index (κ2) is 19.9. The summed E-state index contributed by atoms with van der Waals surface area (Å²) in [6.07, 6.45) is 0. The van der Waals surface area contributed by atoms with Crippen molar-refractivity contribution in [2.75, 3.05) is 9.80 Å². The normalized spacial score (nSPS) is 11.8. The Morgan fingerprint density at radius 3 is 1.19 bits per heavy atom. The van der Waals surface area contributed by atoms with Crippen LogP contribution >= 0.6 is 0 Å². The van der Waals surface area contributed by atoms with E-state index in [1.54, 1.807) is 0 Å². The number of rotatable bonds is 11. The molecule has 1 aromatic heterocycles. The fourth-order valence-electron chi connectivity index (χ4n) is 11.3. The van der Waals surface area contributed by atoms with E-state index in [1.807, 2.05) is 0 Å². The van der Waals surface area contributed by atoms with Crippen LogP contribution in [-0.4, -0.2) is 0 Å². The standard InChI is InChI=1S/C75H60N2O/c1-50(2)51-28-30-55(31-29-51)66-23-12-15-25-70(66)76(62-40-34-53(35-41-62)52-18-8-6-9-19-52)63-42-36-57-46-68-69-47-58-37-43-64(45-60(58)49-74(69)78-73(68)48-59(57)44-63)77(71-26-16-13-22-65(71)54-20-10-7-11-21-54)72-27-17-14-24-67(72)56-32-38-61(39-33-56)75(3,4)5/h6-50H,1-5H3. The van der Waals surface area contributed by atoms with E-state index < -0.39 is 0 Å². The number of fused-ring (bicyclic) bond motifs is 5. The largest absolute Gasteiger partial charge is 0.456 e. The van der Waals surface area contributed by atoms with E-state index in [0.29, 0.717) is 5.92 Å². The molecule has 376 valence electrons. The molecule has 78 heavy (non-hydrogen) atoms. The van der Waals surface area contributed by atoms with Crippen LogP contribution in [0.4, 0.5) is 34.1 Å².